The van der Waals surface area contributed by atoms with Crippen LogP contribution in [0.25, 0.3) is 0 Å². The number of piperazine rings is 1. The van der Waals surface area contributed by atoms with Crippen LogP contribution in [0.2, 0.25) is 0 Å². The Balaban J connectivity index is 1.72. The molecule has 21 heavy (non-hydrogen) atoms. The summed E-state index contributed by atoms with van der Waals surface area (Å²) in [6, 6.07) is 0.351. The molecule has 2 aliphatic rings. The second-order valence-electron chi connectivity index (χ2n) is 5.71. The van der Waals surface area contributed by atoms with Crippen LogP contribution in [0.15, 0.2) is 4.34 Å². The van der Waals surface area contributed by atoms with Crippen molar-refractivity contribution in [3.05, 3.63) is 10.6 Å². The van der Waals surface area contributed by atoms with Gasteiger partial charge in [-0.2, -0.15) is 4.31 Å². The Morgan fingerprint density at radius 3 is 2.57 bits per heavy atom. The molecule has 0 bridgehead atoms. The number of hydrogen-bond donors (Lipinski definition) is 1. The first kappa shape index (κ1) is 15.4. The Morgan fingerprint density at radius 1 is 1.24 bits per heavy atom. The number of aryl methyl sites for hydroxylation is 2. The van der Waals surface area contributed by atoms with Gasteiger partial charge in [0.25, 0.3) is 10.0 Å². The van der Waals surface area contributed by atoms with Gasteiger partial charge in [-0.25, -0.2) is 13.4 Å². The topological polar surface area (TPSA) is 65.5 Å². The minimum Gasteiger partial charge on any atom is -0.314 e. The number of sulfonamides is 1. The summed E-state index contributed by atoms with van der Waals surface area (Å²) < 4.78 is 27.2. The number of rotatable bonds is 3. The van der Waals surface area contributed by atoms with Crippen molar-refractivity contribution in [1.29, 1.82) is 0 Å². The lowest BCUT2D eigenvalue weighted by molar-refractivity contribution is 0.179. The van der Waals surface area contributed by atoms with Crippen LogP contribution in [-0.2, 0) is 10.0 Å². The fourth-order valence-corrected chi connectivity index (χ4v) is 5.88. The van der Waals surface area contributed by atoms with Gasteiger partial charge in [0, 0.05) is 50.2 Å². The molecule has 2 fully saturated rings. The standard InChI is InChI=1S/C13H22N4O2S2/c1-10-11(2)20-13(15-10)21(18,19)17-6-3-12(9-17)16-7-4-14-5-8-16/h12,14H,3-9H2,1-2H3. The average molecular weight is 330 g/mol. The van der Waals surface area contributed by atoms with Crippen molar-refractivity contribution in [3.63, 3.8) is 0 Å². The lowest BCUT2D eigenvalue weighted by atomic mass is 10.2. The molecule has 1 aromatic rings. The fourth-order valence-electron chi connectivity index (χ4n) is 2.94. The number of hydrogen-bond acceptors (Lipinski definition) is 6. The summed E-state index contributed by atoms with van der Waals surface area (Å²) in [6.45, 7) is 8.98. The van der Waals surface area contributed by atoms with Gasteiger partial charge in [-0.3, -0.25) is 4.90 Å². The minimum absolute atomic E-state index is 0.249. The Morgan fingerprint density at radius 2 is 1.95 bits per heavy atom. The highest BCUT2D eigenvalue weighted by Gasteiger charge is 2.37. The molecule has 1 aromatic heterocycles. The summed E-state index contributed by atoms with van der Waals surface area (Å²) in [5.41, 5.74) is 0.816. The van der Waals surface area contributed by atoms with Gasteiger partial charge in [0.1, 0.15) is 0 Å². The third-order valence-electron chi connectivity index (χ3n) is 4.36. The van der Waals surface area contributed by atoms with E-state index in [9.17, 15) is 8.42 Å². The van der Waals surface area contributed by atoms with Gasteiger partial charge >= 0.3 is 0 Å². The van der Waals surface area contributed by atoms with Gasteiger partial charge in [0.05, 0.1) is 5.69 Å². The predicted octanol–water partition coefficient (Wildman–Crippen LogP) is 0.428. The van der Waals surface area contributed by atoms with Crippen LogP contribution in [0.5, 0.6) is 0 Å². The first-order valence-electron chi connectivity index (χ1n) is 7.37. The Hall–Kier alpha value is -0.540. The van der Waals surface area contributed by atoms with Gasteiger partial charge in [0.2, 0.25) is 4.34 Å². The van der Waals surface area contributed by atoms with Crippen molar-refractivity contribution in [2.75, 3.05) is 39.3 Å². The van der Waals surface area contributed by atoms with Gasteiger partial charge in [-0.15, -0.1) is 11.3 Å². The molecule has 0 radical (unpaired) electrons. The van der Waals surface area contributed by atoms with Crippen LogP contribution < -0.4 is 5.32 Å². The zero-order valence-corrected chi connectivity index (χ0v) is 14.1. The van der Waals surface area contributed by atoms with Crippen LogP contribution in [0.4, 0.5) is 0 Å². The first-order chi connectivity index (χ1) is 9.98. The molecular formula is C13H22N4O2S2. The molecule has 0 aliphatic carbocycles. The molecule has 0 spiro atoms. The summed E-state index contributed by atoms with van der Waals surface area (Å²) in [4.78, 5) is 7.61. The minimum atomic E-state index is -3.41. The molecule has 3 heterocycles. The normalized spacial score (nSPS) is 25.5. The molecule has 0 amide bonds. The number of thiazole rings is 1. The molecule has 118 valence electrons. The molecule has 0 aromatic carbocycles. The lowest BCUT2D eigenvalue weighted by Crippen LogP contribution is -2.49. The Kier molecular flexibility index (Phi) is 4.33. The smallest absolute Gasteiger partial charge is 0.270 e. The molecule has 2 saturated heterocycles. The van der Waals surface area contributed by atoms with Crippen molar-refractivity contribution in [1.82, 2.24) is 19.5 Å². The molecule has 1 unspecified atom stereocenters. The van der Waals surface area contributed by atoms with Crippen LogP contribution in [-0.4, -0.2) is 67.9 Å². The molecule has 8 heteroatoms. The molecule has 3 rings (SSSR count). The van der Waals surface area contributed by atoms with E-state index in [0.29, 0.717) is 19.1 Å². The van der Waals surface area contributed by atoms with Crippen molar-refractivity contribution in [3.8, 4) is 0 Å². The van der Waals surface area contributed by atoms with Crippen molar-refractivity contribution >= 4 is 21.4 Å². The van der Waals surface area contributed by atoms with Crippen LogP contribution in [0, 0.1) is 13.8 Å². The average Bonchev–Trinajstić information content (AvgIpc) is 3.09. The van der Waals surface area contributed by atoms with Crippen LogP contribution in [0.3, 0.4) is 0 Å². The van der Waals surface area contributed by atoms with E-state index in [1.165, 1.54) is 11.3 Å². The van der Waals surface area contributed by atoms with E-state index in [1.54, 1.807) is 4.31 Å². The second kappa shape index (κ2) is 5.92. The van der Waals surface area contributed by atoms with E-state index in [4.69, 9.17) is 0 Å². The van der Waals surface area contributed by atoms with E-state index in [-0.39, 0.29) is 4.34 Å². The van der Waals surface area contributed by atoms with Crippen molar-refractivity contribution in [2.24, 2.45) is 0 Å². The van der Waals surface area contributed by atoms with E-state index in [1.807, 2.05) is 13.8 Å². The van der Waals surface area contributed by atoms with Crippen LogP contribution in [0.1, 0.15) is 17.0 Å². The number of nitrogens with one attached hydrogen (secondary N) is 1. The fraction of sp³-hybridized carbons (Fsp3) is 0.769. The third-order valence-corrected chi connectivity index (χ3v) is 7.66. The summed E-state index contributed by atoms with van der Waals surface area (Å²) >= 11 is 1.28. The third kappa shape index (κ3) is 3.00. The predicted molar refractivity (Wildman–Crippen MR) is 83.2 cm³/mol. The lowest BCUT2D eigenvalue weighted by Gasteiger charge is -2.32. The highest BCUT2D eigenvalue weighted by Crippen LogP contribution is 2.28. The molecule has 1 atom stereocenters. The molecular weight excluding hydrogens is 308 g/mol. The van der Waals surface area contributed by atoms with Gasteiger partial charge in [-0.1, -0.05) is 0 Å². The van der Waals surface area contributed by atoms with E-state index >= 15 is 0 Å². The Bertz CT molecular complexity index is 588. The van der Waals surface area contributed by atoms with Crippen molar-refractivity contribution in [2.45, 2.75) is 30.6 Å². The molecule has 2 aliphatic heterocycles. The zero-order valence-electron chi connectivity index (χ0n) is 12.5. The summed E-state index contributed by atoms with van der Waals surface area (Å²) in [7, 11) is -3.41. The quantitative estimate of drug-likeness (QED) is 0.871. The van der Waals surface area contributed by atoms with Gasteiger partial charge < -0.3 is 5.32 Å². The zero-order chi connectivity index (χ0) is 15.0. The van der Waals surface area contributed by atoms with Crippen LogP contribution >= 0.6 is 11.3 Å². The summed E-state index contributed by atoms with van der Waals surface area (Å²) in [5, 5.41) is 3.33. The number of aromatic nitrogens is 1. The van der Waals surface area contributed by atoms with E-state index in [0.717, 1.165) is 43.2 Å². The number of nitrogens with zero attached hydrogens (tertiary/aromatic N) is 3. The largest absolute Gasteiger partial charge is 0.314 e. The maximum Gasteiger partial charge on any atom is 0.270 e. The van der Waals surface area contributed by atoms with Crippen molar-refractivity contribution < 1.29 is 8.42 Å². The Labute approximate surface area is 130 Å². The maximum atomic E-state index is 12.7. The van der Waals surface area contributed by atoms with E-state index < -0.39 is 10.0 Å². The van der Waals surface area contributed by atoms with E-state index in [2.05, 4.69) is 15.2 Å². The molecule has 1 N–H and O–H groups in total. The SMILES string of the molecule is Cc1nc(S(=O)(=O)N2CCC(N3CCNCC3)C2)sc1C. The first-order valence-corrected chi connectivity index (χ1v) is 9.63. The highest BCUT2D eigenvalue weighted by atomic mass is 32.2. The van der Waals surface area contributed by atoms with Gasteiger partial charge in [0.15, 0.2) is 0 Å². The second-order valence-corrected chi connectivity index (χ2v) is 9.03. The van der Waals surface area contributed by atoms with Gasteiger partial charge in [-0.05, 0) is 20.3 Å². The maximum absolute atomic E-state index is 12.7. The summed E-state index contributed by atoms with van der Waals surface area (Å²) in [5.74, 6) is 0. The highest BCUT2D eigenvalue weighted by molar-refractivity contribution is 7.91. The molecule has 6 nitrogen and oxygen atoms in total. The monoisotopic (exact) mass is 330 g/mol. The summed E-state index contributed by atoms with van der Waals surface area (Å²) in [6.07, 6.45) is 0.919. The molecule has 0 saturated carbocycles.